The average Bonchev–Trinajstić information content (AvgIpc) is 2.80. The summed E-state index contributed by atoms with van der Waals surface area (Å²) in [4.78, 5) is 12.8. The number of hydrazone groups is 1. The smallest absolute Gasteiger partial charge is 0.297 e. The summed E-state index contributed by atoms with van der Waals surface area (Å²) in [6.45, 7) is 0. The van der Waals surface area contributed by atoms with Crippen molar-refractivity contribution in [2.45, 2.75) is 0 Å². The molecule has 0 saturated carbocycles. The van der Waals surface area contributed by atoms with Gasteiger partial charge in [-0.15, -0.1) is 15.3 Å². The van der Waals surface area contributed by atoms with Gasteiger partial charge in [0, 0.05) is 5.69 Å². The topological polar surface area (TPSA) is 96.7 Å². The highest BCUT2D eigenvalue weighted by Crippen LogP contribution is 2.27. The maximum absolute atomic E-state index is 12.8. The van der Waals surface area contributed by atoms with E-state index in [0.29, 0.717) is 28.6 Å². The van der Waals surface area contributed by atoms with Gasteiger partial charge < -0.3 is 14.8 Å². The van der Waals surface area contributed by atoms with Crippen molar-refractivity contribution in [1.29, 1.82) is 0 Å². The minimum atomic E-state index is -0.526. The summed E-state index contributed by atoms with van der Waals surface area (Å²) in [5, 5.41) is 15.1. The highest BCUT2D eigenvalue weighted by atomic mass is 16.5. The fourth-order valence-electron chi connectivity index (χ4n) is 2.49. The molecule has 0 fully saturated rings. The number of ether oxygens (including phenoxy) is 2. The van der Waals surface area contributed by atoms with E-state index in [2.05, 4.69) is 26.1 Å². The van der Waals surface area contributed by atoms with Gasteiger partial charge in [0.1, 0.15) is 17.2 Å². The molecule has 2 N–H and O–H groups in total. The van der Waals surface area contributed by atoms with Crippen LogP contribution in [-0.2, 0) is 4.79 Å². The van der Waals surface area contributed by atoms with Gasteiger partial charge in [0.25, 0.3) is 11.7 Å². The molecule has 0 unspecified atom stereocenters. The van der Waals surface area contributed by atoms with Gasteiger partial charge in [0.15, 0.2) is 0 Å². The van der Waals surface area contributed by atoms with E-state index >= 15 is 0 Å². The molecule has 0 aliphatic rings. The second kappa shape index (κ2) is 10.4. The summed E-state index contributed by atoms with van der Waals surface area (Å²) in [6.07, 6.45) is 0. The number of methoxy groups -OCH3 is 2. The molecule has 30 heavy (non-hydrogen) atoms. The molecular formula is C22H21N5O3. The quantitative estimate of drug-likeness (QED) is 0.266. The molecule has 0 saturated heterocycles. The zero-order valence-corrected chi connectivity index (χ0v) is 16.6. The van der Waals surface area contributed by atoms with Gasteiger partial charge in [-0.3, -0.25) is 10.2 Å². The summed E-state index contributed by atoms with van der Waals surface area (Å²) in [5.74, 6) is 0.408. The number of rotatable bonds is 6. The van der Waals surface area contributed by atoms with Crippen molar-refractivity contribution in [2.75, 3.05) is 25.0 Å². The van der Waals surface area contributed by atoms with Crippen molar-refractivity contribution in [2.24, 2.45) is 15.3 Å². The van der Waals surface area contributed by atoms with Crippen LogP contribution in [0.5, 0.6) is 11.5 Å². The number of amidine groups is 1. The van der Waals surface area contributed by atoms with E-state index in [1.54, 1.807) is 49.6 Å². The Labute approximate surface area is 174 Å². The first-order valence-corrected chi connectivity index (χ1v) is 9.09. The number of hydrogen-bond acceptors (Lipinski definition) is 6. The lowest BCUT2D eigenvalue weighted by molar-refractivity contribution is -0.110. The lowest BCUT2D eigenvalue weighted by Crippen LogP contribution is -2.22. The minimum absolute atomic E-state index is 0.171. The van der Waals surface area contributed by atoms with Gasteiger partial charge in [0.05, 0.1) is 19.9 Å². The van der Waals surface area contributed by atoms with Crippen LogP contribution in [0.4, 0.5) is 17.1 Å². The number of carbonyl (C=O) groups is 1. The normalized spacial score (nSPS) is 11.2. The zero-order chi connectivity index (χ0) is 21.2. The van der Waals surface area contributed by atoms with Gasteiger partial charge in [-0.2, -0.15) is 0 Å². The largest absolute Gasteiger partial charge is 0.495 e. The minimum Gasteiger partial charge on any atom is -0.495 e. The molecule has 3 rings (SSSR count). The van der Waals surface area contributed by atoms with Crippen molar-refractivity contribution in [3.05, 3.63) is 78.9 Å². The van der Waals surface area contributed by atoms with Crippen molar-refractivity contribution in [1.82, 2.24) is 0 Å². The molecule has 0 spiro atoms. The first-order valence-electron chi connectivity index (χ1n) is 9.09. The van der Waals surface area contributed by atoms with Crippen LogP contribution in [-0.4, -0.2) is 26.0 Å². The van der Waals surface area contributed by atoms with E-state index in [9.17, 15) is 4.79 Å². The van der Waals surface area contributed by atoms with Crippen LogP contribution in [0, 0.1) is 0 Å². The van der Waals surface area contributed by atoms with E-state index in [-0.39, 0.29) is 5.84 Å². The van der Waals surface area contributed by atoms with Gasteiger partial charge in [0.2, 0.25) is 0 Å². The van der Waals surface area contributed by atoms with Crippen LogP contribution in [0.15, 0.2) is 94.2 Å². The predicted molar refractivity (Wildman–Crippen MR) is 117 cm³/mol. The molecule has 0 radical (unpaired) electrons. The molecular weight excluding hydrogens is 382 g/mol. The lowest BCUT2D eigenvalue weighted by Gasteiger charge is -2.08. The van der Waals surface area contributed by atoms with Gasteiger partial charge >= 0.3 is 0 Å². The van der Waals surface area contributed by atoms with E-state index in [1.807, 2.05) is 36.4 Å². The number of para-hydroxylation sites is 4. The zero-order valence-electron chi connectivity index (χ0n) is 16.6. The summed E-state index contributed by atoms with van der Waals surface area (Å²) in [5.41, 5.74) is 4.47. The first kappa shape index (κ1) is 20.5. The Kier molecular flexibility index (Phi) is 7.10. The van der Waals surface area contributed by atoms with Crippen molar-refractivity contribution >= 4 is 28.8 Å². The van der Waals surface area contributed by atoms with E-state index in [4.69, 9.17) is 9.47 Å². The van der Waals surface area contributed by atoms with Crippen molar-refractivity contribution in [3.8, 4) is 11.5 Å². The van der Waals surface area contributed by atoms with Gasteiger partial charge in [-0.25, -0.2) is 0 Å². The molecule has 3 aromatic carbocycles. The van der Waals surface area contributed by atoms with E-state index in [1.165, 1.54) is 7.11 Å². The third-order valence-corrected chi connectivity index (χ3v) is 3.96. The predicted octanol–water partition coefficient (Wildman–Crippen LogP) is 4.85. The lowest BCUT2D eigenvalue weighted by atomic mass is 10.3. The number of benzene rings is 3. The molecule has 0 aromatic heterocycles. The summed E-state index contributed by atoms with van der Waals surface area (Å²) in [6, 6.07) is 23.3. The van der Waals surface area contributed by atoms with Crippen LogP contribution in [0.3, 0.4) is 0 Å². The number of nitrogens with zero attached hydrogens (tertiary/aromatic N) is 3. The van der Waals surface area contributed by atoms with Gasteiger partial charge in [-0.1, -0.05) is 42.5 Å². The molecule has 0 bridgehead atoms. The maximum Gasteiger partial charge on any atom is 0.297 e. The Bertz CT molecular complexity index is 1050. The molecule has 152 valence electrons. The molecule has 0 heterocycles. The highest BCUT2D eigenvalue weighted by Gasteiger charge is 2.13. The Hall–Kier alpha value is -4.20. The third-order valence-electron chi connectivity index (χ3n) is 3.96. The second-order valence-corrected chi connectivity index (χ2v) is 5.94. The first-order chi connectivity index (χ1) is 14.7. The molecule has 0 aliphatic heterocycles. The Balaban J connectivity index is 1.89. The standard InChI is InChI=1S/C22H21N5O3/c1-29-19-14-8-6-12-17(19)24-26-21(22(28)23-16-10-4-3-5-11-16)27-25-18-13-7-9-15-20(18)30-2/h3-15,24H,1-2H3,(H,23,28). The molecule has 0 atom stereocenters. The summed E-state index contributed by atoms with van der Waals surface area (Å²) >= 11 is 0. The third kappa shape index (κ3) is 5.41. The Morgan fingerprint density at radius 2 is 1.43 bits per heavy atom. The van der Waals surface area contributed by atoms with Crippen LogP contribution in [0.2, 0.25) is 0 Å². The fourth-order valence-corrected chi connectivity index (χ4v) is 2.49. The summed E-state index contributed by atoms with van der Waals surface area (Å²) < 4.78 is 10.6. The van der Waals surface area contributed by atoms with Crippen molar-refractivity contribution in [3.63, 3.8) is 0 Å². The highest BCUT2D eigenvalue weighted by molar-refractivity contribution is 6.42. The van der Waals surface area contributed by atoms with Gasteiger partial charge in [-0.05, 0) is 36.4 Å². The maximum atomic E-state index is 12.8. The molecule has 0 aliphatic carbocycles. The molecule has 8 nitrogen and oxygen atoms in total. The Morgan fingerprint density at radius 3 is 2.17 bits per heavy atom. The van der Waals surface area contributed by atoms with Crippen LogP contribution in [0.25, 0.3) is 0 Å². The summed E-state index contributed by atoms with van der Waals surface area (Å²) in [7, 11) is 3.09. The van der Waals surface area contributed by atoms with Crippen molar-refractivity contribution < 1.29 is 14.3 Å². The number of azo groups is 1. The number of anilines is 2. The number of hydrogen-bond donors (Lipinski definition) is 2. The number of nitrogens with one attached hydrogen (secondary N) is 2. The molecule has 3 aromatic rings. The van der Waals surface area contributed by atoms with Crippen LogP contribution < -0.4 is 20.2 Å². The molecule has 1 amide bonds. The van der Waals surface area contributed by atoms with Crippen LogP contribution >= 0.6 is 0 Å². The van der Waals surface area contributed by atoms with E-state index in [0.717, 1.165) is 0 Å². The second-order valence-electron chi connectivity index (χ2n) is 5.94. The monoisotopic (exact) mass is 403 g/mol. The number of carbonyl (C=O) groups excluding carboxylic acids is 1. The fraction of sp³-hybridized carbons (Fsp3) is 0.0909. The number of amides is 1. The molecule has 8 heteroatoms. The van der Waals surface area contributed by atoms with Crippen LogP contribution in [0.1, 0.15) is 0 Å². The van der Waals surface area contributed by atoms with E-state index < -0.39 is 5.91 Å². The average molecular weight is 403 g/mol. The Morgan fingerprint density at radius 1 is 0.800 bits per heavy atom. The SMILES string of the molecule is COc1ccccc1N=NC(=NNc1ccccc1OC)C(=O)Nc1ccccc1.